The van der Waals surface area contributed by atoms with E-state index in [1.165, 1.54) is 0 Å². The van der Waals surface area contributed by atoms with Gasteiger partial charge in [-0.05, 0) is 0 Å². The molecule has 0 aromatic carbocycles. The minimum Gasteiger partial charge on any atom is -0.323 e. The SMILES string of the molecule is C[N+](CCCl)(CCCl)CCCl. The number of alkyl halides is 3. The molecule has 0 spiro atoms. The third-order valence-electron chi connectivity index (χ3n) is 1.87. The molecule has 0 fully saturated rings. The molecular weight excluding hydrogens is 204 g/mol. The van der Waals surface area contributed by atoms with E-state index < -0.39 is 0 Å². The van der Waals surface area contributed by atoms with E-state index in [2.05, 4.69) is 7.05 Å². The zero-order valence-electron chi connectivity index (χ0n) is 6.82. The molecule has 0 aliphatic carbocycles. The van der Waals surface area contributed by atoms with Gasteiger partial charge < -0.3 is 4.48 Å². The Kier molecular flexibility index (Phi) is 6.84. The van der Waals surface area contributed by atoms with Crippen LogP contribution >= 0.6 is 34.8 Å². The monoisotopic (exact) mass is 218 g/mol. The van der Waals surface area contributed by atoms with Gasteiger partial charge in [0.15, 0.2) is 0 Å². The van der Waals surface area contributed by atoms with Crippen LogP contribution in [0.25, 0.3) is 0 Å². The molecule has 11 heavy (non-hydrogen) atoms. The second-order valence-electron chi connectivity index (χ2n) is 2.86. The van der Waals surface area contributed by atoms with Gasteiger partial charge in [-0.1, -0.05) is 0 Å². The number of quaternary nitrogens is 1. The summed E-state index contributed by atoms with van der Waals surface area (Å²) in [6.07, 6.45) is 0. The maximum atomic E-state index is 5.66. The van der Waals surface area contributed by atoms with E-state index in [0.717, 1.165) is 24.1 Å². The minimum absolute atomic E-state index is 0.671. The summed E-state index contributed by atoms with van der Waals surface area (Å²) < 4.78 is 0.885. The van der Waals surface area contributed by atoms with Crippen molar-refractivity contribution in [3.05, 3.63) is 0 Å². The van der Waals surface area contributed by atoms with Crippen molar-refractivity contribution in [2.45, 2.75) is 0 Å². The van der Waals surface area contributed by atoms with E-state index in [1.807, 2.05) is 0 Å². The van der Waals surface area contributed by atoms with E-state index in [-0.39, 0.29) is 0 Å². The van der Waals surface area contributed by atoms with Crippen LogP contribution in [0.3, 0.4) is 0 Å². The van der Waals surface area contributed by atoms with E-state index in [4.69, 9.17) is 34.8 Å². The summed E-state index contributed by atoms with van der Waals surface area (Å²) in [5.74, 6) is 2.01. The Hall–Kier alpha value is 0.830. The van der Waals surface area contributed by atoms with Crippen LogP contribution in [0.5, 0.6) is 0 Å². The standard InChI is InChI=1S/C7H15Cl3N/c1-11(5-2-8,6-3-9)7-4-10/h2-7H2,1H3/q+1. The van der Waals surface area contributed by atoms with Gasteiger partial charge in [0.05, 0.1) is 44.3 Å². The van der Waals surface area contributed by atoms with Crippen molar-refractivity contribution in [3.63, 3.8) is 0 Å². The summed E-state index contributed by atoms with van der Waals surface area (Å²) in [7, 11) is 2.13. The van der Waals surface area contributed by atoms with Crippen LogP contribution in [0.2, 0.25) is 0 Å². The summed E-state index contributed by atoms with van der Waals surface area (Å²) in [4.78, 5) is 0. The molecule has 0 aromatic rings. The third kappa shape index (κ3) is 5.13. The zero-order chi connectivity index (χ0) is 8.74. The maximum Gasteiger partial charge on any atom is 0.0922 e. The van der Waals surface area contributed by atoms with Crippen LogP contribution in [-0.4, -0.2) is 48.8 Å². The molecule has 0 radical (unpaired) electrons. The van der Waals surface area contributed by atoms with Crippen LogP contribution in [0.1, 0.15) is 0 Å². The fraction of sp³-hybridized carbons (Fsp3) is 1.00. The lowest BCUT2D eigenvalue weighted by Gasteiger charge is -2.32. The predicted molar refractivity (Wildman–Crippen MR) is 52.9 cm³/mol. The normalized spacial score (nSPS) is 12.0. The molecule has 68 valence electrons. The molecule has 0 heterocycles. The van der Waals surface area contributed by atoms with Gasteiger partial charge in [0, 0.05) is 0 Å². The van der Waals surface area contributed by atoms with Gasteiger partial charge in [-0.3, -0.25) is 0 Å². The van der Waals surface area contributed by atoms with Crippen LogP contribution in [-0.2, 0) is 0 Å². The highest BCUT2D eigenvalue weighted by Crippen LogP contribution is 2.04. The molecule has 0 aliphatic heterocycles. The van der Waals surface area contributed by atoms with Crippen LogP contribution in [0.15, 0.2) is 0 Å². The number of halogens is 3. The minimum atomic E-state index is 0.671. The maximum absolute atomic E-state index is 5.66. The first kappa shape index (κ1) is 11.8. The summed E-state index contributed by atoms with van der Waals surface area (Å²) in [5, 5.41) is 0. The number of hydrogen-bond donors (Lipinski definition) is 0. The van der Waals surface area contributed by atoms with Gasteiger partial charge in [-0.15, -0.1) is 34.8 Å². The molecule has 0 unspecified atom stereocenters. The Balaban J connectivity index is 3.79. The second kappa shape index (κ2) is 6.36. The van der Waals surface area contributed by atoms with E-state index in [0.29, 0.717) is 17.6 Å². The fourth-order valence-electron chi connectivity index (χ4n) is 0.948. The van der Waals surface area contributed by atoms with Crippen molar-refractivity contribution < 1.29 is 4.48 Å². The lowest BCUT2D eigenvalue weighted by Crippen LogP contribution is -2.48. The Morgan fingerprint density at radius 3 is 1.27 bits per heavy atom. The predicted octanol–water partition coefficient (Wildman–Crippen LogP) is 2.15. The fourth-order valence-corrected chi connectivity index (χ4v) is 2.17. The Labute approximate surface area is 83.8 Å². The summed E-state index contributed by atoms with van der Waals surface area (Å²) in [6.45, 7) is 2.84. The quantitative estimate of drug-likeness (QED) is 0.474. The zero-order valence-corrected chi connectivity index (χ0v) is 9.09. The van der Waals surface area contributed by atoms with Gasteiger partial charge in [-0.25, -0.2) is 0 Å². The molecule has 0 atom stereocenters. The summed E-state index contributed by atoms with van der Waals surface area (Å²) in [6, 6.07) is 0. The molecule has 4 heteroatoms. The average molecular weight is 220 g/mol. The molecule has 0 bridgehead atoms. The largest absolute Gasteiger partial charge is 0.323 e. The van der Waals surface area contributed by atoms with E-state index in [1.54, 1.807) is 0 Å². The van der Waals surface area contributed by atoms with Crippen molar-refractivity contribution in [3.8, 4) is 0 Å². The van der Waals surface area contributed by atoms with Gasteiger partial charge >= 0.3 is 0 Å². The highest BCUT2D eigenvalue weighted by atomic mass is 35.5. The lowest BCUT2D eigenvalue weighted by atomic mass is 10.4. The lowest BCUT2D eigenvalue weighted by molar-refractivity contribution is -0.902. The molecule has 0 saturated carbocycles. The smallest absolute Gasteiger partial charge is 0.0922 e. The number of nitrogens with zero attached hydrogens (tertiary/aromatic N) is 1. The van der Waals surface area contributed by atoms with Crippen molar-refractivity contribution >= 4 is 34.8 Å². The van der Waals surface area contributed by atoms with Crippen molar-refractivity contribution in [1.29, 1.82) is 0 Å². The van der Waals surface area contributed by atoms with Crippen molar-refractivity contribution in [2.24, 2.45) is 0 Å². The first-order valence-electron chi connectivity index (χ1n) is 3.70. The number of rotatable bonds is 6. The van der Waals surface area contributed by atoms with Gasteiger partial charge in [0.1, 0.15) is 0 Å². The van der Waals surface area contributed by atoms with Crippen molar-refractivity contribution in [1.82, 2.24) is 0 Å². The molecule has 0 aliphatic rings. The van der Waals surface area contributed by atoms with Crippen molar-refractivity contribution in [2.75, 3.05) is 44.3 Å². The van der Waals surface area contributed by atoms with Gasteiger partial charge in [0.25, 0.3) is 0 Å². The third-order valence-corrected chi connectivity index (χ3v) is 2.38. The Morgan fingerprint density at radius 2 is 1.09 bits per heavy atom. The summed E-state index contributed by atoms with van der Waals surface area (Å²) >= 11 is 17.0. The Morgan fingerprint density at radius 1 is 0.818 bits per heavy atom. The number of hydrogen-bond acceptors (Lipinski definition) is 0. The topological polar surface area (TPSA) is 0 Å². The second-order valence-corrected chi connectivity index (χ2v) is 3.99. The highest BCUT2D eigenvalue weighted by Gasteiger charge is 2.18. The van der Waals surface area contributed by atoms with Gasteiger partial charge in [0.2, 0.25) is 0 Å². The highest BCUT2D eigenvalue weighted by molar-refractivity contribution is 6.18. The average Bonchev–Trinajstić information content (AvgIpc) is 1.88. The molecular formula is C7H15Cl3N+. The molecule has 0 saturated heterocycles. The first-order valence-corrected chi connectivity index (χ1v) is 5.30. The molecule has 0 rings (SSSR count). The van der Waals surface area contributed by atoms with Crippen LogP contribution < -0.4 is 0 Å². The molecule has 0 amide bonds. The molecule has 0 N–H and O–H groups in total. The molecule has 1 nitrogen and oxygen atoms in total. The molecule has 0 aromatic heterocycles. The van der Waals surface area contributed by atoms with E-state index in [9.17, 15) is 0 Å². The van der Waals surface area contributed by atoms with Gasteiger partial charge in [-0.2, -0.15) is 0 Å². The van der Waals surface area contributed by atoms with Crippen LogP contribution in [0.4, 0.5) is 0 Å². The Bertz CT molecular complexity index is 80.7. The first-order chi connectivity index (χ1) is 5.18. The summed E-state index contributed by atoms with van der Waals surface area (Å²) in [5.41, 5.74) is 0. The van der Waals surface area contributed by atoms with E-state index >= 15 is 0 Å². The van der Waals surface area contributed by atoms with Crippen LogP contribution in [0, 0.1) is 0 Å².